The Morgan fingerprint density at radius 2 is 1.80 bits per heavy atom. The monoisotopic (exact) mass is 372 g/mol. The maximum atomic E-state index is 12.6. The van der Waals surface area contributed by atoms with Gasteiger partial charge in [0.25, 0.3) is 0 Å². The maximum Gasteiger partial charge on any atom is 0.225 e. The molecule has 0 bridgehead atoms. The molecule has 2 atom stereocenters. The predicted molar refractivity (Wildman–Crippen MR) is 99.7 cm³/mol. The highest BCUT2D eigenvalue weighted by atomic mass is 35.5. The quantitative estimate of drug-likeness (QED) is 0.802. The molecule has 2 rings (SSSR count). The van der Waals surface area contributed by atoms with E-state index in [1.165, 1.54) is 0 Å². The van der Waals surface area contributed by atoms with Gasteiger partial charge in [0.1, 0.15) is 17.2 Å². The highest BCUT2D eigenvalue weighted by molar-refractivity contribution is 5.85. The van der Waals surface area contributed by atoms with Crippen molar-refractivity contribution >= 4 is 18.3 Å². The Balaban J connectivity index is 0.00000312. The Kier molecular flexibility index (Phi) is 7.83. The normalized spacial score (nSPS) is 22.5. The van der Waals surface area contributed by atoms with Gasteiger partial charge in [0.05, 0.1) is 39.4 Å². The van der Waals surface area contributed by atoms with Gasteiger partial charge in [0.2, 0.25) is 5.91 Å². The van der Waals surface area contributed by atoms with Gasteiger partial charge < -0.3 is 25.3 Å². The maximum absolute atomic E-state index is 12.6. The van der Waals surface area contributed by atoms with Crippen molar-refractivity contribution in [2.45, 2.75) is 44.7 Å². The van der Waals surface area contributed by atoms with Crippen molar-refractivity contribution in [3.8, 4) is 17.2 Å². The Morgan fingerprint density at radius 1 is 1.20 bits per heavy atom. The molecule has 1 amide bonds. The summed E-state index contributed by atoms with van der Waals surface area (Å²) in [5.41, 5.74) is 6.65. The minimum absolute atomic E-state index is 0. The number of benzene rings is 1. The molecule has 1 aliphatic rings. The van der Waals surface area contributed by atoms with E-state index in [9.17, 15) is 4.79 Å². The van der Waals surface area contributed by atoms with Gasteiger partial charge in [-0.05, 0) is 19.8 Å². The fourth-order valence-electron chi connectivity index (χ4n) is 3.34. The lowest BCUT2D eigenvalue weighted by Crippen LogP contribution is -2.52. The summed E-state index contributed by atoms with van der Waals surface area (Å²) in [7, 11) is 4.75. The van der Waals surface area contributed by atoms with Crippen molar-refractivity contribution in [2.75, 3.05) is 21.3 Å². The summed E-state index contributed by atoms with van der Waals surface area (Å²) in [6.45, 7) is 2.28. The van der Waals surface area contributed by atoms with Crippen LogP contribution in [0.3, 0.4) is 0 Å². The highest BCUT2D eigenvalue weighted by Crippen LogP contribution is 2.35. The molecule has 1 aliphatic carbocycles. The number of ether oxygens (including phenoxy) is 3. The minimum atomic E-state index is -0.448. The summed E-state index contributed by atoms with van der Waals surface area (Å²) in [4.78, 5) is 12.6. The molecule has 0 heterocycles. The second-order valence-electron chi connectivity index (χ2n) is 6.53. The molecule has 0 radical (unpaired) electrons. The molecule has 0 spiro atoms. The lowest BCUT2D eigenvalue weighted by atomic mass is 9.74. The van der Waals surface area contributed by atoms with Gasteiger partial charge >= 0.3 is 0 Å². The van der Waals surface area contributed by atoms with Crippen LogP contribution in [-0.4, -0.2) is 32.8 Å². The van der Waals surface area contributed by atoms with Crippen LogP contribution in [0.5, 0.6) is 17.2 Å². The average Bonchev–Trinajstić information content (AvgIpc) is 2.58. The number of carbonyl (C=O) groups excluding carboxylic acids is 1. The zero-order chi connectivity index (χ0) is 17.7. The van der Waals surface area contributed by atoms with Crippen LogP contribution in [0.4, 0.5) is 0 Å². The van der Waals surface area contributed by atoms with Crippen molar-refractivity contribution in [1.82, 2.24) is 5.32 Å². The average molecular weight is 373 g/mol. The predicted octanol–water partition coefficient (Wildman–Crippen LogP) is 2.66. The smallest absolute Gasteiger partial charge is 0.225 e. The van der Waals surface area contributed by atoms with E-state index in [1.807, 2.05) is 6.92 Å². The minimum Gasteiger partial charge on any atom is -0.496 e. The first-order valence-corrected chi connectivity index (χ1v) is 8.28. The van der Waals surface area contributed by atoms with Crippen molar-refractivity contribution in [1.29, 1.82) is 0 Å². The number of amides is 1. The van der Waals surface area contributed by atoms with Crippen molar-refractivity contribution in [3.63, 3.8) is 0 Å². The van der Waals surface area contributed by atoms with Gasteiger partial charge in [0.15, 0.2) is 0 Å². The van der Waals surface area contributed by atoms with Crippen LogP contribution >= 0.6 is 12.4 Å². The first kappa shape index (κ1) is 21.4. The molecule has 7 heteroatoms. The van der Waals surface area contributed by atoms with E-state index in [0.717, 1.165) is 31.2 Å². The summed E-state index contributed by atoms with van der Waals surface area (Å²) < 4.78 is 16.1. The first-order chi connectivity index (χ1) is 11.4. The Labute approximate surface area is 155 Å². The van der Waals surface area contributed by atoms with Gasteiger partial charge in [0, 0.05) is 17.7 Å². The second kappa shape index (κ2) is 9.15. The number of rotatable bonds is 6. The Bertz CT molecular complexity index is 567. The van der Waals surface area contributed by atoms with Crippen LogP contribution < -0.4 is 25.3 Å². The van der Waals surface area contributed by atoms with Crippen LogP contribution in [0.2, 0.25) is 0 Å². The molecule has 0 aromatic heterocycles. The van der Waals surface area contributed by atoms with Crippen LogP contribution in [0.25, 0.3) is 0 Å². The number of methoxy groups -OCH3 is 3. The molecular formula is C18H29ClN2O4. The number of carbonyl (C=O) groups is 1. The zero-order valence-corrected chi connectivity index (χ0v) is 16.2. The van der Waals surface area contributed by atoms with Crippen LogP contribution in [0.15, 0.2) is 12.1 Å². The van der Waals surface area contributed by atoms with E-state index in [-0.39, 0.29) is 24.2 Å². The number of hydrogen-bond donors (Lipinski definition) is 2. The van der Waals surface area contributed by atoms with Gasteiger partial charge in [-0.15, -0.1) is 12.4 Å². The molecule has 1 saturated carbocycles. The number of nitrogens with one attached hydrogen (secondary N) is 1. The topological polar surface area (TPSA) is 82.8 Å². The summed E-state index contributed by atoms with van der Waals surface area (Å²) in [5, 5.41) is 2.99. The molecular weight excluding hydrogens is 344 g/mol. The van der Waals surface area contributed by atoms with E-state index in [2.05, 4.69) is 5.32 Å². The molecule has 0 aliphatic heterocycles. The van der Waals surface area contributed by atoms with Gasteiger partial charge in [-0.2, -0.15) is 0 Å². The van der Waals surface area contributed by atoms with Crippen LogP contribution in [0, 0.1) is 5.92 Å². The van der Waals surface area contributed by atoms with Crippen LogP contribution in [-0.2, 0) is 11.3 Å². The lowest BCUT2D eigenvalue weighted by Gasteiger charge is -2.37. The van der Waals surface area contributed by atoms with Crippen molar-refractivity contribution in [3.05, 3.63) is 17.7 Å². The summed E-state index contributed by atoms with van der Waals surface area (Å²) >= 11 is 0. The highest BCUT2D eigenvalue weighted by Gasteiger charge is 2.37. The third-order valence-electron chi connectivity index (χ3n) is 4.83. The van der Waals surface area contributed by atoms with Crippen LogP contribution in [0.1, 0.15) is 38.2 Å². The van der Waals surface area contributed by atoms with Gasteiger partial charge in [-0.25, -0.2) is 0 Å². The molecule has 3 N–H and O–H groups in total. The van der Waals surface area contributed by atoms with Crippen molar-refractivity contribution in [2.24, 2.45) is 11.7 Å². The molecule has 1 aromatic rings. The largest absolute Gasteiger partial charge is 0.496 e. The van der Waals surface area contributed by atoms with E-state index in [4.69, 9.17) is 19.9 Å². The number of hydrogen-bond acceptors (Lipinski definition) is 5. The second-order valence-corrected chi connectivity index (χ2v) is 6.53. The van der Waals surface area contributed by atoms with Crippen molar-refractivity contribution < 1.29 is 19.0 Å². The SMILES string of the molecule is COc1cc(OC)c(CNC(=O)C2CCCCC2(C)N)c(OC)c1.Cl. The molecule has 0 saturated heterocycles. The van der Waals surface area contributed by atoms with E-state index in [0.29, 0.717) is 23.8 Å². The zero-order valence-electron chi connectivity index (χ0n) is 15.4. The summed E-state index contributed by atoms with van der Waals surface area (Å²) in [6.07, 6.45) is 3.83. The molecule has 25 heavy (non-hydrogen) atoms. The van der Waals surface area contributed by atoms with E-state index >= 15 is 0 Å². The molecule has 2 unspecified atom stereocenters. The number of halogens is 1. The fourth-order valence-corrected chi connectivity index (χ4v) is 3.34. The van der Waals surface area contributed by atoms with E-state index in [1.54, 1.807) is 33.5 Å². The van der Waals surface area contributed by atoms with Gasteiger partial charge in [-0.3, -0.25) is 4.79 Å². The Morgan fingerprint density at radius 3 is 2.28 bits per heavy atom. The fraction of sp³-hybridized carbons (Fsp3) is 0.611. The Hall–Kier alpha value is -1.66. The van der Waals surface area contributed by atoms with E-state index < -0.39 is 5.54 Å². The third kappa shape index (κ3) is 4.92. The van der Waals surface area contributed by atoms with Gasteiger partial charge in [-0.1, -0.05) is 12.8 Å². The number of nitrogens with two attached hydrogens (primary N) is 1. The molecule has 6 nitrogen and oxygen atoms in total. The summed E-state index contributed by atoms with van der Waals surface area (Å²) in [5.74, 6) is 1.69. The summed E-state index contributed by atoms with van der Waals surface area (Å²) in [6, 6.07) is 3.55. The molecule has 1 aromatic carbocycles. The lowest BCUT2D eigenvalue weighted by molar-refractivity contribution is -0.128. The third-order valence-corrected chi connectivity index (χ3v) is 4.83. The standard InChI is InChI=1S/C18H28N2O4.ClH/c1-18(19)8-6-5-7-14(18)17(21)20-11-13-15(23-3)9-12(22-2)10-16(13)24-4;/h9-10,14H,5-8,11,19H2,1-4H3,(H,20,21);1H. The first-order valence-electron chi connectivity index (χ1n) is 8.28. The molecule has 142 valence electrons. The molecule has 1 fully saturated rings.